The standard InChI is InChI=1S/C23H25N3O4/c1-2-24(21(27)18-11-7-4-8-12-18)22(28)20-14-13-19-15-25(20)23(29)26(19)30-16-17-9-5-3-6-10-17/h3-12,19-20H,2,13-16H2,1H3/t19?,20-/m0/s1. The predicted octanol–water partition coefficient (Wildman–Crippen LogP) is 3.08. The Morgan fingerprint density at radius 2 is 1.70 bits per heavy atom. The molecule has 7 nitrogen and oxygen atoms in total. The summed E-state index contributed by atoms with van der Waals surface area (Å²) in [5.41, 5.74) is 1.43. The van der Waals surface area contributed by atoms with Crippen LogP contribution in [-0.2, 0) is 16.2 Å². The molecule has 2 bridgehead atoms. The Morgan fingerprint density at radius 1 is 1.03 bits per heavy atom. The largest absolute Gasteiger partial charge is 0.345 e. The normalized spacial score (nSPS) is 20.4. The second kappa shape index (κ2) is 8.67. The summed E-state index contributed by atoms with van der Waals surface area (Å²) in [6, 6.07) is 17.3. The van der Waals surface area contributed by atoms with Crippen molar-refractivity contribution in [2.45, 2.75) is 38.5 Å². The van der Waals surface area contributed by atoms with Crippen molar-refractivity contribution in [2.24, 2.45) is 0 Å². The molecule has 2 atom stereocenters. The fourth-order valence-electron chi connectivity index (χ4n) is 4.09. The second-order valence-electron chi connectivity index (χ2n) is 7.52. The Morgan fingerprint density at radius 3 is 2.37 bits per heavy atom. The summed E-state index contributed by atoms with van der Waals surface area (Å²) in [4.78, 5) is 47.6. The molecule has 2 aromatic carbocycles. The van der Waals surface area contributed by atoms with Gasteiger partial charge in [-0.25, -0.2) is 4.79 Å². The highest BCUT2D eigenvalue weighted by Crippen LogP contribution is 2.31. The minimum absolute atomic E-state index is 0.0786. The molecule has 2 heterocycles. The molecule has 156 valence electrons. The molecule has 30 heavy (non-hydrogen) atoms. The molecular weight excluding hydrogens is 382 g/mol. The lowest BCUT2D eigenvalue weighted by atomic mass is 9.99. The van der Waals surface area contributed by atoms with E-state index in [-0.39, 0.29) is 30.4 Å². The third-order valence-corrected chi connectivity index (χ3v) is 5.67. The number of piperidine rings is 1. The van der Waals surface area contributed by atoms with Gasteiger partial charge in [-0.3, -0.25) is 19.3 Å². The van der Waals surface area contributed by atoms with Crippen molar-refractivity contribution in [1.82, 2.24) is 14.9 Å². The molecule has 0 aromatic heterocycles. The Hall–Kier alpha value is -3.19. The molecule has 4 amide bonds. The average molecular weight is 407 g/mol. The summed E-state index contributed by atoms with van der Waals surface area (Å²) in [6.07, 6.45) is 1.17. The fraction of sp³-hybridized carbons (Fsp3) is 0.348. The van der Waals surface area contributed by atoms with Crippen LogP contribution in [0.25, 0.3) is 0 Å². The monoisotopic (exact) mass is 407 g/mol. The molecule has 2 aromatic rings. The number of likely N-dealkylation sites (N-methyl/N-ethyl adjacent to an activating group) is 1. The van der Waals surface area contributed by atoms with E-state index in [0.29, 0.717) is 31.6 Å². The summed E-state index contributed by atoms with van der Waals surface area (Å²) in [6.45, 7) is 2.75. The number of carbonyl (C=O) groups is 3. The van der Waals surface area contributed by atoms with Crippen LogP contribution in [0.4, 0.5) is 4.79 Å². The molecule has 0 saturated carbocycles. The Kier molecular flexibility index (Phi) is 5.81. The molecule has 0 N–H and O–H groups in total. The zero-order valence-corrected chi connectivity index (χ0v) is 16.9. The van der Waals surface area contributed by atoms with Gasteiger partial charge in [0, 0.05) is 18.7 Å². The van der Waals surface area contributed by atoms with Crippen molar-refractivity contribution in [3.05, 3.63) is 71.8 Å². The van der Waals surface area contributed by atoms with Gasteiger partial charge in [0.05, 0.1) is 6.04 Å². The SMILES string of the molecule is CCN(C(=O)c1ccccc1)C(=O)[C@@H]1CCC2CN1C(=O)N2OCc1ccccc1. The van der Waals surface area contributed by atoms with E-state index in [2.05, 4.69) is 0 Å². The van der Waals surface area contributed by atoms with Gasteiger partial charge >= 0.3 is 6.03 Å². The lowest BCUT2D eigenvalue weighted by Gasteiger charge is -2.32. The number of benzene rings is 2. The molecule has 0 aliphatic carbocycles. The van der Waals surface area contributed by atoms with Crippen LogP contribution in [0.2, 0.25) is 0 Å². The van der Waals surface area contributed by atoms with Gasteiger partial charge in [-0.1, -0.05) is 48.5 Å². The zero-order valence-electron chi connectivity index (χ0n) is 16.9. The maximum Gasteiger partial charge on any atom is 0.345 e. The third-order valence-electron chi connectivity index (χ3n) is 5.67. The number of hydrogen-bond acceptors (Lipinski definition) is 4. The minimum Gasteiger partial charge on any atom is -0.309 e. The highest BCUT2D eigenvalue weighted by Gasteiger charge is 2.49. The summed E-state index contributed by atoms with van der Waals surface area (Å²) in [5, 5.41) is 1.40. The zero-order chi connectivity index (χ0) is 21.1. The van der Waals surface area contributed by atoms with Crippen LogP contribution >= 0.6 is 0 Å². The topological polar surface area (TPSA) is 70.2 Å². The lowest BCUT2D eigenvalue weighted by Crippen LogP contribution is -2.52. The van der Waals surface area contributed by atoms with E-state index in [4.69, 9.17) is 4.84 Å². The first kappa shape index (κ1) is 20.1. The molecule has 7 heteroatoms. The summed E-state index contributed by atoms with van der Waals surface area (Å²) in [5.74, 6) is -0.669. The van der Waals surface area contributed by atoms with E-state index >= 15 is 0 Å². The fourth-order valence-corrected chi connectivity index (χ4v) is 4.09. The van der Waals surface area contributed by atoms with E-state index in [1.165, 1.54) is 9.96 Å². The lowest BCUT2D eigenvalue weighted by molar-refractivity contribution is -0.140. The van der Waals surface area contributed by atoms with E-state index in [0.717, 1.165) is 5.56 Å². The van der Waals surface area contributed by atoms with Gasteiger partial charge in [-0.2, -0.15) is 5.06 Å². The van der Waals surface area contributed by atoms with Gasteiger partial charge in [-0.05, 0) is 37.5 Å². The van der Waals surface area contributed by atoms with Gasteiger partial charge in [0.25, 0.3) is 11.8 Å². The molecule has 1 unspecified atom stereocenters. The van der Waals surface area contributed by atoms with Crippen molar-refractivity contribution in [1.29, 1.82) is 0 Å². The predicted molar refractivity (Wildman–Crippen MR) is 110 cm³/mol. The number of hydroxylamine groups is 2. The molecule has 4 rings (SSSR count). The molecule has 2 fully saturated rings. The quantitative estimate of drug-likeness (QED) is 0.690. The van der Waals surface area contributed by atoms with Crippen LogP contribution in [0.15, 0.2) is 60.7 Å². The van der Waals surface area contributed by atoms with Gasteiger partial charge in [-0.15, -0.1) is 0 Å². The van der Waals surface area contributed by atoms with Crippen molar-refractivity contribution >= 4 is 17.8 Å². The number of amides is 4. The van der Waals surface area contributed by atoms with Gasteiger partial charge in [0.2, 0.25) is 0 Å². The highest BCUT2D eigenvalue weighted by atomic mass is 16.7. The van der Waals surface area contributed by atoms with E-state index in [1.807, 2.05) is 36.4 Å². The number of rotatable bonds is 6. The first-order valence-electron chi connectivity index (χ1n) is 10.3. The van der Waals surface area contributed by atoms with Crippen LogP contribution in [-0.4, -0.2) is 57.9 Å². The smallest absolute Gasteiger partial charge is 0.309 e. The summed E-state index contributed by atoms with van der Waals surface area (Å²) >= 11 is 0. The molecule has 0 spiro atoms. The van der Waals surface area contributed by atoms with Crippen LogP contribution < -0.4 is 0 Å². The Labute approximate surface area is 175 Å². The maximum absolute atomic E-state index is 13.2. The van der Waals surface area contributed by atoms with Crippen molar-refractivity contribution in [2.75, 3.05) is 13.1 Å². The highest BCUT2D eigenvalue weighted by molar-refractivity contribution is 6.06. The first-order chi connectivity index (χ1) is 14.6. The van der Waals surface area contributed by atoms with Crippen molar-refractivity contribution in [3.8, 4) is 0 Å². The molecular formula is C23H25N3O4. The van der Waals surface area contributed by atoms with Crippen LogP contribution in [0.5, 0.6) is 0 Å². The van der Waals surface area contributed by atoms with Crippen molar-refractivity contribution in [3.63, 3.8) is 0 Å². The minimum atomic E-state index is -0.647. The van der Waals surface area contributed by atoms with E-state index in [1.54, 1.807) is 36.1 Å². The van der Waals surface area contributed by atoms with Gasteiger partial charge in [0.1, 0.15) is 12.6 Å². The number of urea groups is 1. The van der Waals surface area contributed by atoms with E-state index < -0.39 is 6.04 Å². The van der Waals surface area contributed by atoms with Crippen LogP contribution in [0.3, 0.4) is 0 Å². The molecule has 2 saturated heterocycles. The second-order valence-corrected chi connectivity index (χ2v) is 7.52. The number of fused-ring (bicyclic) bond motifs is 2. The van der Waals surface area contributed by atoms with Crippen molar-refractivity contribution < 1.29 is 19.2 Å². The average Bonchev–Trinajstić information content (AvgIpc) is 3.03. The summed E-state index contributed by atoms with van der Waals surface area (Å²) < 4.78 is 0. The maximum atomic E-state index is 13.2. The van der Waals surface area contributed by atoms with E-state index in [9.17, 15) is 14.4 Å². The number of nitrogens with zero attached hydrogens (tertiary/aromatic N) is 3. The van der Waals surface area contributed by atoms with Gasteiger partial charge in [0.15, 0.2) is 0 Å². The first-order valence-corrected chi connectivity index (χ1v) is 10.3. The third kappa shape index (κ3) is 3.80. The summed E-state index contributed by atoms with van der Waals surface area (Å²) in [7, 11) is 0. The molecule has 2 aliphatic heterocycles. The number of hydrogen-bond donors (Lipinski definition) is 0. The van der Waals surface area contributed by atoms with Gasteiger partial charge < -0.3 is 4.90 Å². The number of carbonyl (C=O) groups excluding carboxylic acids is 3. The number of imide groups is 1. The Bertz CT molecular complexity index is 919. The Balaban J connectivity index is 1.45. The molecule has 0 radical (unpaired) electrons. The molecule has 2 aliphatic rings. The van der Waals surface area contributed by atoms with Crippen LogP contribution in [0, 0.1) is 0 Å². The van der Waals surface area contributed by atoms with Crippen LogP contribution in [0.1, 0.15) is 35.7 Å².